The van der Waals surface area contributed by atoms with Crippen LogP contribution in [0.1, 0.15) is 5.56 Å². The van der Waals surface area contributed by atoms with E-state index in [1.165, 1.54) is 27.4 Å². The van der Waals surface area contributed by atoms with E-state index in [0.717, 1.165) is 38.7 Å². The Morgan fingerprint density at radius 2 is 1.41 bits per heavy atom. The van der Waals surface area contributed by atoms with Gasteiger partial charge in [0, 0.05) is 32.7 Å². The second kappa shape index (κ2) is 7.24. The molecule has 0 fully saturated rings. The minimum Gasteiger partial charge on any atom is -0.456 e. The summed E-state index contributed by atoms with van der Waals surface area (Å²) in [5.41, 5.74) is 8.49. The van der Waals surface area contributed by atoms with E-state index < -0.39 is 0 Å². The summed E-state index contributed by atoms with van der Waals surface area (Å²) in [4.78, 5) is 0. The number of fused-ring (bicyclic) bond motifs is 6. The minimum atomic E-state index is 0.698. The van der Waals surface area contributed by atoms with Gasteiger partial charge in [-0.3, -0.25) is 0 Å². The molecule has 0 saturated carbocycles. The molecule has 0 atom stereocenters. The van der Waals surface area contributed by atoms with Gasteiger partial charge < -0.3 is 8.98 Å². The monoisotopic (exact) mass is 457 g/mol. The lowest BCUT2D eigenvalue weighted by Gasteiger charge is -2.15. The summed E-state index contributed by atoms with van der Waals surface area (Å²) in [7, 11) is 0. The maximum Gasteiger partial charge on any atom is 0.141 e. The van der Waals surface area contributed by atoms with Crippen molar-refractivity contribution in [2.24, 2.45) is 0 Å². The van der Waals surface area contributed by atoms with Crippen molar-refractivity contribution in [3.8, 4) is 16.8 Å². The van der Waals surface area contributed by atoms with Crippen molar-refractivity contribution in [3.63, 3.8) is 0 Å². The molecule has 0 aliphatic rings. The SMILES string of the molecule is Cc1c(-n2c3ccccc3c3cccc(-c4ccccc4)c32)cc(Cl)c2c1oc1ccccc12. The molecule has 2 heterocycles. The highest BCUT2D eigenvalue weighted by Crippen LogP contribution is 2.43. The smallest absolute Gasteiger partial charge is 0.141 e. The molecule has 0 spiro atoms. The predicted molar refractivity (Wildman–Crippen MR) is 143 cm³/mol. The Kier molecular flexibility index (Phi) is 4.15. The Labute approximate surface area is 201 Å². The van der Waals surface area contributed by atoms with Gasteiger partial charge in [-0.15, -0.1) is 0 Å². The van der Waals surface area contributed by atoms with E-state index >= 15 is 0 Å². The third-order valence-electron chi connectivity index (χ3n) is 6.84. The van der Waals surface area contributed by atoms with E-state index in [1.54, 1.807) is 0 Å². The standard InChI is InChI=1S/C31H20ClNO/c1-19-27(18-25(32)29-24-13-6-8-17-28(24)34-31(19)29)33-26-16-7-5-12-22(26)23-15-9-14-21(30(23)33)20-10-3-2-4-11-20/h2-18H,1H3. The summed E-state index contributed by atoms with van der Waals surface area (Å²) in [6.45, 7) is 2.13. The number of nitrogens with zero attached hydrogens (tertiary/aromatic N) is 1. The Morgan fingerprint density at radius 1 is 0.706 bits per heavy atom. The van der Waals surface area contributed by atoms with Gasteiger partial charge in [0.15, 0.2) is 0 Å². The van der Waals surface area contributed by atoms with E-state index in [-0.39, 0.29) is 0 Å². The van der Waals surface area contributed by atoms with Crippen molar-refractivity contribution in [1.82, 2.24) is 4.57 Å². The Bertz CT molecular complexity index is 1870. The van der Waals surface area contributed by atoms with Crippen LogP contribution in [0, 0.1) is 6.92 Å². The molecule has 3 heteroatoms. The van der Waals surface area contributed by atoms with Crippen LogP contribution in [0.2, 0.25) is 5.02 Å². The van der Waals surface area contributed by atoms with Gasteiger partial charge in [-0.25, -0.2) is 0 Å². The first-order valence-electron chi connectivity index (χ1n) is 11.4. The second-order valence-electron chi connectivity index (χ2n) is 8.73. The Balaban J connectivity index is 1.67. The molecule has 0 amide bonds. The molecule has 7 rings (SSSR count). The minimum absolute atomic E-state index is 0.698. The van der Waals surface area contributed by atoms with E-state index in [0.29, 0.717) is 5.02 Å². The van der Waals surface area contributed by atoms with E-state index in [9.17, 15) is 0 Å². The van der Waals surface area contributed by atoms with Crippen molar-refractivity contribution in [2.45, 2.75) is 6.92 Å². The molecule has 0 aliphatic heterocycles. The number of benzene rings is 5. The van der Waals surface area contributed by atoms with Gasteiger partial charge >= 0.3 is 0 Å². The highest BCUT2D eigenvalue weighted by atomic mass is 35.5. The number of para-hydroxylation sites is 3. The third kappa shape index (κ3) is 2.63. The predicted octanol–water partition coefficient (Wildman–Crippen LogP) is 9.31. The van der Waals surface area contributed by atoms with Crippen LogP contribution >= 0.6 is 11.6 Å². The highest BCUT2D eigenvalue weighted by Gasteiger charge is 2.21. The second-order valence-corrected chi connectivity index (χ2v) is 9.13. The first-order valence-corrected chi connectivity index (χ1v) is 11.8. The summed E-state index contributed by atoms with van der Waals surface area (Å²) < 4.78 is 8.69. The lowest BCUT2D eigenvalue weighted by atomic mass is 10.0. The molecule has 0 aliphatic carbocycles. The zero-order valence-electron chi connectivity index (χ0n) is 18.5. The average Bonchev–Trinajstić information content (AvgIpc) is 3.44. The van der Waals surface area contributed by atoms with Gasteiger partial charge in [-0.2, -0.15) is 0 Å². The number of aromatic nitrogens is 1. The van der Waals surface area contributed by atoms with Crippen LogP contribution < -0.4 is 0 Å². The summed E-state index contributed by atoms with van der Waals surface area (Å²) in [6.07, 6.45) is 0. The first-order chi connectivity index (χ1) is 16.7. The molecule has 7 aromatic rings. The Hall–Kier alpha value is -4.01. The molecule has 0 radical (unpaired) electrons. The fraction of sp³-hybridized carbons (Fsp3) is 0.0323. The molecular weight excluding hydrogens is 438 g/mol. The molecule has 2 nitrogen and oxygen atoms in total. The molecule has 0 saturated heterocycles. The third-order valence-corrected chi connectivity index (χ3v) is 7.14. The summed E-state index contributed by atoms with van der Waals surface area (Å²) in [5, 5.41) is 5.16. The maximum absolute atomic E-state index is 6.96. The van der Waals surface area contributed by atoms with Crippen molar-refractivity contribution >= 4 is 55.3 Å². The van der Waals surface area contributed by atoms with Crippen LogP contribution in [-0.2, 0) is 0 Å². The average molecular weight is 458 g/mol. The van der Waals surface area contributed by atoms with Crippen molar-refractivity contribution in [3.05, 3.63) is 114 Å². The largest absolute Gasteiger partial charge is 0.456 e. The van der Waals surface area contributed by atoms with Crippen LogP contribution in [0.5, 0.6) is 0 Å². The first kappa shape index (κ1) is 19.5. The van der Waals surface area contributed by atoms with E-state index in [1.807, 2.05) is 18.2 Å². The quantitative estimate of drug-likeness (QED) is 0.253. The summed E-state index contributed by atoms with van der Waals surface area (Å²) in [5.74, 6) is 0. The molecule has 162 valence electrons. The number of hydrogen-bond acceptors (Lipinski definition) is 1. The van der Waals surface area contributed by atoms with Crippen LogP contribution in [0.15, 0.2) is 108 Å². The molecule has 0 N–H and O–H groups in total. The van der Waals surface area contributed by atoms with Crippen LogP contribution in [-0.4, -0.2) is 4.57 Å². The number of halogens is 1. The zero-order chi connectivity index (χ0) is 22.8. The lowest BCUT2D eigenvalue weighted by Crippen LogP contribution is -1.99. The van der Waals surface area contributed by atoms with Gasteiger partial charge in [-0.05, 0) is 30.7 Å². The van der Waals surface area contributed by atoms with E-state index in [2.05, 4.69) is 96.4 Å². The van der Waals surface area contributed by atoms with Crippen molar-refractivity contribution < 1.29 is 4.42 Å². The van der Waals surface area contributed by atoms with Gasteiger partial charge in [0.25, 0.3) is 0 Å². The highest BCUT2D eigenvalue weighted by molar-refractivity contribution is 6.38. The van der Waals surface area contributed by atoms with Gasteiger partial charge in [0.05, 0.1) is 21.7 Å². The van der Waals surface area contributed by atoms with Gasteiger partial charge in [0.2, 0.25) is 0 Å². The molecule has 0 bridgehead atoms. The fourth-order valence-electron chi connectivity index (χ4n) is 5.32. The van der Waals surface area contributed by atoms with Crippen LogP contribution in [0.25, 0.3) is 60.6 Å². The van der Waals surface area contributed by atoms with Gasteiger partial charge in [0.1, 0.15) is 11.2 Å². The lowest BCUT2D eigenvalue weighted by molar-refractivity contribution is 0.665. The topological polar surface area (TPSA) is 18.1 Å². The van der Waals surface area contributed by atoms with Gasteiger partial charge in [-0.1, -0.05) is 96.5 Å². The maximum atomic E-state index is 6.96. The number of furan rings is 1. The van der Waals surface area contributed by atoms with E-state index in [4.69, 9.17) is 16.0 Å². The zero-order valence-corrected chi connectivity index (χ0v) is 19.3. The number of rotatable bonds is 2. The van der Waals surface area contributed by atoms with Crippen LogP contribution in [0.3, 0.4) is 0 Å². The van der Waals surface area contributed by atoms with Crippen LogP contribution in [0.4, 0.5) is 0 Å². The van der Waals surface area contributed by atoms with Crippen molar-refractivity contribution in [2.75, 3.05) is 0 Å². The fourth-order valence-corrected chi connectivity index (χ4v) is 5.61. The number of hydrogen-bond donors (Lipinski definition) is 0. The summed E-state index contributed by atoms with van der Waals surface area (Å²) in [6, 6.07) is 35.9. The molecule has 34 heavy (non-hydrogen) atoms. The number of aryl methyl sites for hydroxylation is 1. The molecule has 5 aromatic carbocycles. The molecule has 2 aromatic heterocycles. The van der Waals surface area contributed by atoms with Crippen molar-refractivity contribution in [1.29, 1.82) is 0 Å². The Morgan fingerprint density at radius 3 is 2.26 bits per heavy atom. The summed E-state index contributed by atoms with van der Waals surface area (Å²) >= 11 is 6.96. The molecular formula is C31H20ClNO. The normalized spacial score (nSPS) is 11.8. The molecule has 0 unspecified atom stereocenters.